The Labute approximate surface area is 232 Å². The maximum absolute atomic E-state index is 13.9. The van der Waals surface area contributed by atoms with Gasteiger partial charge in [0.1, 0.15) is 17.4 Å². The number of furan rings is 1. The maximum Gasteiger partial charge on any atom is 0.318 e. The standard InChI is InChI=1S/C30H35FN4O5/c1-18(2)14-24(34-29(38)27-15-20-8-5-7-11-26(20)40-27)28(37)33-23-13-12-19(3)35(17-25(23)36)30(39)32-16-21-9-4-6-10-22(21)31/h4-11,15,18-19,23-24H,12-14,16-17H2,1-3H3,(H,32,39)(H,33,37)(H,34,38)/t19-,23+,24?/m1/s1. The van der Waals surface area contributed by atoms with E-state index in [2.05, 4.69) is 16.0 Å². The van der Waals surface area contributed by atoms with Gasteiger partial charge in [0.05, 0.1) is 12.6 Å². The molecule has 2 heterocycles. The van der Waals surface area contributed by atoms with E-state index in [1.807, 2.05) is 32.9 Å². The molecule has 10 heteroatoms. The van der Waals surface area contributed by atoms with E-state index in [-0.39, 0.29) is 36.6 Å². The van der Waals surface area contributed by atoms with Gasteiger partial charge in [0.25, 0.3) is 5.91 Å². The van der Waals surface area contributed by atoms with Gasteiger partial charge < -0.3 is 25.3 Å². The third-order valence-corrected chi connectivity index (χ3v) is 7.06. The van der Waals surface area contributed by atoms with E-state index in [1.165, 1.54) is 11.0 Å². The van der Waals surface area contributed by atoms with Gasteiger partial charge in [0, 0.05) is 23.5 Å². The molecule has 1 aromatic heterocycles. The number of nitrogens with one attached hydrogen (secondary N) is 3. The number of amides is 4. The zero-order valence-corrected chi connectivity index (χ0v) is 22.9. The van der Waals surface area contributed by atoms with Crippen LogP contribution in [0.25, 0.3) is 11.0 Å². The Balaban J connectivity index is 1.38. The third-order valence-electron chi connectivity index (χ3n) is 7.06. The summed E-state index contributed by atoms with van der Waals surface area (Å²) in [6.45, 7) is 5.49. The first kappa shape index (κ1) is 28.8. The van der Waals surface area contributed by atoms with Crippen molar-refractivity contribution < 1.29 is 28.0 Å². The molecule has 2 aromatic carbocycles. The highest BCUT2D eigenvalue weighted by Crippen LogP contribution is 2.20. The first-order valence-corrected chi connectivity index (χ1v) is 13.5. The van der Waals surface area contributed by atoms with Crippen LogP contribution in [-0.2, 0) is 16.1 Å². The van der Waals surface area contributed by atoms with Crippen molar-refractivity contribution in [2.45, 2.75) is 64.7 Å². The second kappa shape index (κ2) is 12.8. The van der Waals surface area contributed by atoms with Crippen molar-refractivity contribution in [2.75, 3.05) is 6.54 Å². The zero-order chi connectivity index (χ0) is 28.8. The molecule has 4 rings (SSSR count). The summed E-state index contributed by atoms with van der Waals surface area (Å²) in [4.78, 5) is 53.6. The van der Waals surface area contributed by atoms with Gasteiger partial charge in [-0.15, -0.1) is 0 Å². The van der Waals surface area contributed by atoms with Crippen molar-refractivity contribution >= 4 is 34.6 Å². The van der Waals surface area contributed by atoms with E-state index in [0.717, 1.165) is 5.39 Å². The molecule has 0 saturated carbocycles. The lowest BCUT2D eigenvalue weighted by atomic mass is 10.0. The third kappa shape index (κ3) is 7.05. The van der Waals surface area contributed by atoms with Crippen LogP contribution in [0.1, 0.15) is 56.2 Å². The minimum Gasteiger partial charge on any atom is -0.451 e. The highest BCUT2D eigenvalue weighted by Gasteiger charge is 2.34. The number of benzene rings is 2. The van der Waals surface area contributed by atoms with E-state index < -0.39 is 35.7 Å². The first-order valence-electron chi connectivity index (χ1n) is 13.5. The number of rotatable bonds is 8. The number of ketones is 1. The van der Waals surface area contributed by atoms with Crippen LogP contribution in [0.4, 0.5) is 9.18 Å². The van der Waals surface area contributed by atoms with Crippen LogP contribution in [0.15, 0.2) is 59.0 Å². The normalized spacial score (nSPS) is 18.3. The van der Waals surface area contributed by atoms with Gasteiger partial charge in [-0.05, 0) is 50.3 Å². The summed E-state index contributed by atoms with van der Waals surface area (Å²) >= 11 is 0. The fourth-order valence-corrected chi connectivity index (χ4v) is 4.80. The van der Waals surface area contributed by atoms with Gasteiger partial charge in [-0.2, -0.15) is 0 Å². The lowest BCUT2D eigenvalue weighted by Crippen LogP contribution is -2.53. The highest BCUT2D eigenvalue weighted by atomic mass is 19.1. The summed E-state index contributed by atoms with van der Waals surface area (Å²) in [5.74, 6) is -1.54. The van der Waals surface area contributed by atoms with Gasteiger partial charge in [0.2, 0.25) is 5.91 Å². The molecule has 1 fully saturated rings. The summed E-state index contributed by atoms with van der Waals surface area (Å²) in [5, 5.41) is 9.02. The minimum absolute atomic E-state index is 0.00904. The van der Waals surface area contributed by atoms with Crippen molar-refractivity contribution in [3.05, 3.63) is 71.7 Å². The second-order valence-corrected chi connectivity index (χ2v) is 10.6. The van der Waals surface area contributed by atoms with Crippen molar-refractivity contribution in [3.63, 3.8) is 0 Å². The number of para-hydroxylation sites is 1. The molecule has 0 bridgehead atoms. The van der Waals surface area contributed by atoms with Gasteiger partial charge in [-0.25, -0.2) is 9.18 Å². The zero-order valence-electron chi connectivity index (χ0n) is 22.9. The molecule has 1 unspecified atom stereocenters. The molecule has 1 aliphatic heterocycles. The molecular weight excluding hydrogens is 515 g/mol. The quantitative estimate of drug-likeness (QED) is 0.389. The maximum atomic E-state index is 13.9. The SMILES string of the molecule is CC(C)CC(NC(=O)c1cc2ccccc2o1)C(=O)N[C@H]1CC[C@@H](C)N(C(=O)NCc2ccccc2F)CC1=O. The summed E-state index contributed by atoms with van der Waals surface area (Å²) in [6.07, 6.45) is 1.18. The predicted octanol–water partition coefficient (Wildman–Crippen LogP) is 4.16. The number of Topliss-reactive ketones (excluding diaryl/α,β-unsaturated/α-hetero) is 1. The first-order chi connectivity index (χ1) is 19.1. The fraction of sp³-hybridized carbons (Fsp3) is 0.400. The predicted molar refractivity (Wildman–Crippen MR) is 148 cm³/mol. The summed E-state index contributed by atoms with van der Waals surface area (Å²) in [6, 6.07) is 12.6. The average molecular weight is 551 g/mol. The number of hydrogen-bond donors (Lipinski definition) is 3. The summed E-state index contributed by atoms with van der Waals surface area (Å²) < 4.78 is 19.6. The van der Waals surface area contributed by atoms with Crippen LogP contribution in [-0.4, -0.2) is 53.2 Å². The molecule has 1 saturated heterocycles. The number of hydrogen-bond acceptors (Lipinski definition) is 5. The lowest BCUT2D eigenvalue weighted by Gasteiger charge is -2.26. The van der Waals surface area contributed by atoms with Gasteiger partial charge in [-0.3, -0.25) is 14.4 Å². The van der Waals surface area contributed by atoms with Crippen molar-refractivity contribution in [1.82, 2.24) is 20.9 Å². The number of halogens is 1. The van der Waals surface area contributed by atoms with E-state index in [0.29, 0.717) is 30.4 Å². The molecule has 40 heavy (non-hydrogen) atoms. The summed E-state index contributed by atoms with van der Waals surface area (Å²) in [5.41, 5.74) is 0.911. The lowest BCUT2D eigenvalue weighted by molar-refractivity contribution is -0.129. The Morgan fingerprint density at radius 2 is 1.80 bits per heavy atom. The van der Waals surface area contributed by atoms with Crippen LogP contribution in [0.5, 0.6) is 0 Å². The summed E-state index contributed by atoms with van der Waals surface area (Å²) in [7, 11) is 0. The van der Waals surface area contributed by atoms with Gasteiger partial charge in [-0.1, -0.05) is 50.2 Å². The van der Waals surface area contributed by atoms with E-state index >= 15 is 0 Å². The molecule has 9 nitrogen and oxygen atoms in total. The van der Waals surface area contributed by atoms with Gasteiger partial charge >= 0.3 is 6.03 Å². The topological polar surface area (TPSA) is 121 Å². The molecule has 1 aliphatic rings. The number of urea groups is 1. The fourth-order valence-electron chi connectivity index (χ4n) is 4.80. The van der Waals surface area contributed by atoms with Crippen LogP contribution in [0, 0.1) is 11.7 Å². The molecule has 0 radical (unpaired) electrons. The monoisotopic (exact) mass is 550 g/mol. The van der Waals surface area contributed by atoms with Crippen LogP contribution >= 0.6 is 0 Å². The van der Waals surface area contributed by atoms with E-state index in [4.69, 9.17) is 4.42 Å². The number of carbonyl (C=O) groups excluding carboxylic acids is 4. The highest BCUT2D eigenvalue weighted by molar-refractivity contribution is 5.99. The number of likely N-dealkylation sites (tertiary alicyclic amines) is 1. The van der Waals surface area contributed by atoms with Gasteiger partial charge in [0.15, 0.2) is 11.5 Å². The number of carbonyl (C=O) groups is 4. The van der Waals surface area contributed by atoms with Crippen molar-refractivity contribution in [3.8, 4) is 0 Å². The molecule has 3 aromatic rings. The largest absolute Gasteiger partial charge is 0.451 e. The van der Waals surface area contributed by atoms with Crippen molar-refractivity contribution in [2.24, 2.45) is 5.92 Å². The van der Waals surface area contributed by atoms with E-state index in [9.17, 15) is 23.6 Å². The Morgan fingerprint density at radius 3 is 2.52 bits per heavy atom. The molecule has 3 N–H and O–H groups in total. The van der Waals surface area contributed by atoms with Crippen molar-refractivity contribution in [1.29, 1.82) is 0 Å². The Bertz CT molecular complexity index is 1350. The Kier molecular flexibility index (Phi) is 9.19. The minimum atomic E-state index is -0.880. The Hall–Kier alpha value is -4.21. The number of nitrogens with zero attached hydrogens (tertiary/aromatic N) is 1. The molecule has 212 valence electrons. The molecule has 0 spiro atoms. The Morgan fingerprint density at radius 1 is 1.07 bits per heavy atom. The number of fused-ring (bicyclic) bond motifs is 1. The average Bonchev–Trinajstić information content (AvgIpc) is 3.31. The molecule has 0 aliphatic carbocycles. The van der Waals surface area contributed by atoms with Crippen LogP contribution < -0.4 is 16.0 Å². The van der Waals surface area contributed by atoms with E-state index in [1.54, 1.807) is 36.4 Å². The molecular formula is C30H35FN4O5. The molecule has 3 atom stereocenters. The molecule has 4 amide bonds. The van der Waals surface area contributed by atoms with Crippen LogP contribution in [0.2, 0.25) is 0 Å². The smallest absolute Gasteiger partial charge is 0.318 e. The second-order valence-electron chi connectivity index (χ2n) is 10.6. The van der Waals surface area contributed by atoms with Crippen LogP contribution in [0.3, 0.4) is 0 Å².